The summed E-state index contributed by atoms with van der Waals surface area (Å²) < 4.78 is 5.25. The van der Waals surface area contributed by atoms with Gasteiger partial charge in [0.25, 0.3) is 0 Å². The third-order valence-electron chi connectivity index (χ3n) is 5.10. The minimum Gasteiger partial charge on any atom is -0.462 e. The number of ether oxygens (including phenoxy) is 1. The maximum Gasteiger partial charge on any atom is 0.302 e. The topological polar surface area (TPSA) is 26.3 Å². The molecule has 2 nitrogen and oxygen atoms in total. The van der Waals surface area contributed by atoms with Gasteiger partial charge in [-0.1, -0.05) is 108 Å². The average Bonchev–Trinajstić information content (AvgIpc) is 2.62. The first-order chi connectivity index (χ1) is 12.2. The van der Waals surface area contributed by atoms with E-state index in [1.54, 1.807) is 0 Å². The third-order valence-corrected chi connectivity index (χ3v) is 12.4. The van der Waals surface area contributed by atoms with Crippen molar-refractivity contribution in [2.24, 2.45) is 0 Å². The molecule has 0 saturated heterocycles. The Labute approximate surface area is 159 Å². The highest BCUT2D eigenvalue weighted by Crippen LogP contribution is 2.25. The van der Waals surface area contributed by atoms with E-state index in [2.05, 4.69) is 92.9 Å². The number of carbonyl (C=O) groups excluding carboxylic acids is 1. The van der Waals surface area contributed by atoms with Gasteiger partial charge in [0.05, 0.1) is 8.07 Å². The number of rotatable bonds is 7. The summed E-state index contributed by atoms with van der Waals surface area (Å²) in [6.07, 6.45) is 2.18. The minimum absolute atomic E-state index is 0.223. The molecule has 0 N–H and O–H groups in total. The van der Waals surface area contributed by atoms with Crippen LogP contribution >= 0.6 is 0 Å². The van der Waals surface area contributed by atoms with Crippen molar-refractivity contribution in [3.05, 3.63) is 71.9 Å². The molecule has 0 aliphatic carbocycles. The Bertz CT molecular complexity index is 750. The third kappa shape index (κ3) is 5.29. The van der Waals surface area contributed by atoms with Gasteiger partial charge in [-0.3, -0.25) is 4.79 Å². The van der Waals surface area contributed by atoms with E-state index in [4.69, 9.17) is 4.74 Å². The molecule has 0 unspecified atom stereocenters. The Morgan fingerprint density at radius 3 is 1.88 bits per heavy atom. The van der Waals surface area contributed by atoms with Gasteiger partial charge < -0.3 is 4.74 Å². The molecule has 0 aliphatic rings. The van der Waals surface area contributed by atoms with Crippen LogP contribution in [0.15, 0.2) is 71.9 Å². The monoisotopic (exact) mass is 382 g/mol. The lowest BCUT2D eigenvalue weighted by molar-refractivity contribution is -0.139. The molecule has 0 radical (unpaired) electrons. The molecule has 0 aromatic heterocycles. The number of allylic oxidation sites excluding steroid dienone is 1. The van der Waals surface area contributed by atoms with E-state index in [1.165, 1.54) is 22.5 Å². The maximum absolute atomic E-state index is 11.2. The van der Waals surface area contributed by atoms with Crippen LogP contribution in [0.5, 0.6) is 0 Å². The molecule has 0 amide bonds. The van der Waals surface area contributed by atoms with Crippen LogP contribution in [0.4, 0.5) is 0 Å². The summed E-state index contributed by atoms with van der Waals surface area (Å²) in [7, 11) is -3.46. The van der Waals surface area contributed by atoms with Crippen LogP contribution in [0.1, 0.15) is 6.92 Å². The van der Waals surface area contributed by atoms with Crippen LogP contribution in [0.25, 0.3) is 0 Å². The molecule has 2 rings (SSSR count). The second-order valence-electron chi connectivity index (χ2n) is 7.95. The van der Waals surface area contributed by atoms with Gasteiger partial charge in [-0.25, -0.2) is 0 Å². The summed E-state index contributed by atoms with van der Waals surface area (Å²) in [6.45, 7) is 11.5. The fourth-order valence-electron chi connectivity index (χ4n) is 3.32. The van der Waals surface area contributed by atoms with Gasteiger partial charge >= 0.3 is 5.97 Å². The molecule has 0 atom stereocenters. The Hall–Kier alpha value is -1.92. The van der Waals surface area contributed by atoms with Crippen LogP contribution < -0.4 is 10.4 Å². The number of esters is 1. The highest BCUT2D eigenvalue weighted by Gasteiger charge is 2.34. The quantitative estimate of drug-likeness (QED) is 0.529. The average molecular weight is 383 g/mol. The highest BCUT2D eigenvalue weighted by atomic mass is 28.3. The van der Waals surface area contributed by atoms with E-state index in [0.29, 0.717) is 6.61 Å². The van der Waals surface area contributed by atoms with Crippen LogP contribution in [-0.4, -0.2) is 28.7 Å². The fraction of sp³-hybridized carbons (Fsp3) is 0.318. The molecule has 0 fully saturated rings. The van der Waals surface area contributed by atoms with Crippen molar-refractivity contribution < 1.29 is 9.53 Å². The van der Waals surface area contributed by atoms with Crippen molar-refractivity contribution in [1.29, 1.82) is 0 Å². The van der Waals surface area contributed by atoms with Crippen molar-refractivity contribution in [2.45, 2.75) is 39.2 Å². The van der Waals surface area contributed by atoms with E-state index in [0.717, 1.165) is 6.04 Å². The lowest BCUT2D eigenvalue weighted by atomic mass is 10.4. The lowest BCUT2D eigenvalue weighted by Gasteiger charge is -2.33. The molecule has 138 valence electrons. The van der Waals surface area contributed by atoms with E-state index in [-0.39, 0.29) is 5.97 Å². The molecule has 2 aromatic rings. The maximum atomic E-state index is 11.2. The van der Waals surface area contributed by atoms with Gasteiger partial charge in [-0.05, 0) is 6.04 Å². The van der Waals surface area contributed by atoms with Crippen LogP contribution in [0, 0.1) is 0 Å². The Kier molecular flexibility index (Phi) is 6.78. The summed E-state index contributed by atoms with van der Waals surface area (Å²) in [5.74, 6) is -0.223. The van der Waals surface area contributed by atoms with Gasteiger partial charge in [0, 0.05) is 6.92 Å². The second-order valence-corrected chi connectivity index (χ2v) is 17.1. The fourth-order valence-corrected chi connectivity index (χ4v) is 10.8. The van der Waals surface area contributed by atoms with E-state index < -0.39 is 16.1 Å². The van der Waals surface area contributed by atoms with E-state index >= 15 is 0 Å². The molecular weight excluding hydrogens is 352 g/mol. The van der Waals surface area contributed by atoms with Gasteiger partial charge in [0.15, 0.2) is 0 Å². The predicted octanol–water partition coefficient (Wildman–Crippen LogP) is 4.25. The first kappa shape index (κ1) is 20.4. The van der Waals surface area contributed by atoms with Crippen molar-refractivity contribution >= 4 is 32.5 Å². The Morgan fingerprint density at radius 2 is 1.38 bits per heavy atom. The second kappa shape index (κ2) is 8.65. The lowest BCUT2D eigenvalue weighted by Crippen LogP contribution is -2.49. The number of hydrogen-bond acceptors (Lipinski definition) is 2. The molecule has 2 aromatic carbocycles. The zero-order valence-electron chi connectivity index (χ0n) is 16.6. The highest BCUT2D eigenvalue weighted by molar-refractivity contribution is 6.99. The largest absolute Gasteiger partial charge is 0.462 e. The van der Waals surface area contributed by atoms with Gasteiger partial charge in [0.2, 0.25) is 0 Å². The molecular formula is C22H30O2Si2. The van der Waals surface area contributed by atoms with E-state index in [1.807, 2.05) is 0 Å². The Morgan fingerprint density at radius 1 is 0.885 bits per heavy atom. The summed E-state index contributed by atoms with van der Waals surface area (Å²) in [5, 5.41) is 4.37. The Balaban J connectivity index is 2.36. The summed E-state index contributed by atoms with van der Waals surface area (Å²) in [6, 6.07) is 22.7. The summed E-state index contributed by atoms with van der Waals surface area (Å²) in [5.41, 5.74) is 0. The first-order valence-electron chi connectivity index (χ1n) is 9.17. The molecule has 4 heteroatoms. The van der Waals surface area contributed by atoms with Crippen LogP contribution in [0.3, 0.4) is 0 Å². The van der Waals surface area contributed by atoms with Gasteiger partial charge in [-0.2, -0.15) is 0 Å². The SMILES string of the molecule is CC(=O)OC/C=C(\C[Si](C)(C)c1ccccc1)[Si](C)(C)c1ccccc1. The zero-order chi connectivity index (χ0) is 19.2. The smallest absolute Gasteiger partial charge is 0.302 e. The molecule has 0 saturated carbocycles. The number of carbonyl (C=O) groups is 1. The molecule has 0 bridgehead atoms. The zero-order valence-corrected chi connectivity index (χ0v) is 18.6. The van der Waals surface area contributed by atoms with Crippen molar-refractivity contribution in [2.75, 3.05) is 6.61 Å². The van der Waals surface area contributed by atoms with Crippen molar-refractivity contribution in [3.8, 4) is 0 Å². The molecule has 0 aliphatic heterocycles. The van der Waals surface area contributed by atoms with E-state index in [9.17, 15) is 4.79 Å². The van der Waals surface area contributed by atoms with Gasteiger partial charge in [-0.15, -0.1) is 0 Å². The molecule has 26 heavy (non-hydrogen) atoms. The first-order valence-corrected chi connectivity index (χ1v) is 15.4. The standard InChI is InChI=1S/C22H30O2Si2/c1-19(23)24-17-16-22(26(4,5)21-14-10-7-11-15-21)18-25(2,3)20-12-8-6-9-13-20/h6-16H,17-18H2,1-5H3/b22-16+. The normalized spacial score (nSPS) is 12.7. The summed E-state index contributed by atoms with van der Waals surface area (Å²) >= 11 is 0. The number of hydrogen-bond donors (Lipinski definition) is 0. The van der Waals surface area contributed by atoms with Crippen molar-refractivity contribution in [1.82, 2.24) is 0 Å². The summed E-state index contributed by atoms with van der Waals surface area (Å²) in [4.78, 5) is 11.2. The minimum atomic E-state index is -1.82. The molecule has 0 heterocycles. The predicted molar refractivity (Wildman–Crippen MR) is 117 cm³/mol. The van der Waals surface area contributed by atoms with Crippen LogP contribution in [0.2, 0.25) is 32.2 Å². The van der Waals surface area contributed by atoms with Crippen molar-refractivity contribution in [3.63, 3.8) is 0 Å². The van der Waals surface area contributed by atoms with Gasteiger partial charge in [0.1, 0.15) is 14.7 Å². The number of benzene rings is 2. The van der Waals surface area contributed by atoms with Crippen LogP contribution in [-0.2, 0) is 9.53 Å². The molecule has 0 spiro atoms.